The van der Waals surface area contributed by atoms with Gasteiger partial charge in [-0.2, -0.15) is 0 Å². The second-order valence-corrected chi connectivity index (χ2v) is 28.7. The molecule has 1 saturated heterocycles. The third-order valence-corrected chi connectivity index (χ3v) is 20.1. The van der Waals surface area contributed by atoms with E-state index in [1.165, 1.54) is 75.9 Å². The summed E-state index contributed by atoms with van der Waals surface area (Å²) in [6, 6.07) is -8.92. The number of nitrogens with one attached hydrogen (secondary N) is 4. The van der Waals surface area contributed by atoms with Crippen molar-refractivity contribution in [3.8, 4) is 0 Å². The van der Waals surface area contributed by atoms with Crippen molar-refractivity contribution in [2.24, 2.45) is 35.5 Å². The molecule has 4 rings (SSSR count). The molecule has 0 aromatic carbocycles. The van der Waals surface area contributed by atoms with E-state index in [9.17, 15) is 47.5 Å². The lowest BCUT2D eigenvalue weighted by atomic mass is 9.82. The number of carbonyl (C=O) groups excluding carboxylic acids is 11. The number of rotatable bonds is 13. The first-order valence-corrected chi connectivity index (χ1v) is 34.0. The van der Waals surface area contributed by atoms with Gasteiger partial charge in [-0.3, -0.25) is 52.7 Å². The van der Waals surface area contributed by atoms with Crippen LogP contribution < -0.4 is 21.3 Å². The van der Waals surface area contributed by atoms with Gasteiger partial charge < -0.3 is 55.6 Å². The summed E-state index contributed by atoms with van der Waals surface area (Å²) in [7, 11) is 10.1. The van der Waals surface area contributed by atoms with Crippen molar-refractivity contribution in [2.75, 3.05) is 69.0 Å². The maximum Gasteiger partial charge on any atom is 0.245 e. The van der Waals surface area contributed by atoms with Crippen molar-refractivity contribution >= 4 is 76.6 Å². The van der Waals surface area contributed by atoms with Gasteiger partial charge in [0.25, 0.3) is 0 Å². The second-order valence-electron chi connectivity index (χ2n) is 28.1. The van der Waals surface area contributed by atoms with Crippen LogP contribution in [0.2, 0.25) is 0 Å². The largest absolute Gasteiger partial charge is 0.351 e. The molecule has 22 nitrogen and oxygen atoms in total. The van der Waals surface area contributed by atoms with Gasteiger partial charge in [0.15, 0.2) is 0 Å². The molecule has 4 aliphatic rings. The van der Waals surface area contributed by atoms with Gasteiger partial charge in [0.05, 0.1) is 19.6 Å². The quantitative estimate of drug-likeness (QED) is 0.165. The number of alkyl halides is 3. The van der Waals surface area contributed by atoms with Crippen LogP contribution in [0.25, 0.3) is 0 Å². The fourth-order valence-electron chi connectivity index (χ4n) is 13.2. The highest BCUT2D eigenvalue weighted by molar-refractivity contribution is 6.20. The van der Waals surface area contributed by atoms with E-state index in [2.05, 4.69) is 21.3 Å². The highest BCUT2D eigenvalue weighted by Gasteiger charge is 2.42. The van der Waals surface area contributed by atoms with E-state index in [1.807, 2.05) is 34.6 Å². The van der Waals surface area contributed by atoms with Crippen LogP contribution in [0, 0.1) is 35.5 Å². The van der Waals surface area contributed by atoms with Crippen LogP contribution in [0.3, 0.4) is 0 Å². The number of carbonyl (C=O) groups is 11. The van der Waals surface area contributed by atoms with Crippen LogP contribution in [0.4, 0.5) is 8.78 Å². The Morgan fingerprint density at radius 2 is 1.07 bits per heavy atom. The van der Waals surface area contributed by atoms with E-state index in [4.69, 9.17) is 11.6 Å². The molecule has 3 unspecified atom stereocenters. The smallest absolute Gasteiger partial charge is 0.245 e. The standard InChI is InChI=1S/C66H112ClF2N11O11/c1-16-41(6)59-66(91)76(11)37-57(83)74(9)38-58(84)78(13)53(34-45-22-26-47(67)27-23-45)64(89)75(10)36-55(81)71-50(29-25-46-24-28-48(68)35-49(46)69)61(86)72-51(30-39(2)3)63(88)80(15)54(33-44-20-18-17-19-21-44)65(90)79(14)52(31-40(4)5)62(87)70-42(7)32-56(82)77(12)43(8)60(85)73-59/h39-54,59H,16-38H2,1-15H3,(H,70,87)(H,71,81)(H,72,86)(H,73,85)/t41-,42+,43-,45?,46?,47?,48?,49?,50-,51-,52-,53-,54-,59-/m0/s1. The first kappa shape index (κ1) is 77.8. The first-order valence-electron chi connectivity index (χ1n) is 33.6. The van der Waals surface area contributed by atoms with E-state index < -0.39 is 157 Å². The summed E-state index contributed by atoms with van der Waals surface area (Å²) in [6.45, 7) is 12.7. The van der Waals surface area contributed by atoms with Crippen molar-refractivity contribution in [3.05, 3.63) is 0 Å². The summed E-state index contributed by atoms with van der Waals surface area (Å²) >= 11 is 6.49. The Morgan fingerprint density at radius 3 is 1.65 bits per heavy atom. The minimum absolute atomic E-state index is 0.0388. The number of amides is 11. The molecule has 0 bridgehead atoms. The minimum Gasteiger partial charge on any atom is -0.351 e. The van der Waals surface area contributed by atoms with Gasteiger partial charge in [-0.15, -0.1) is 11.6 Å². The van der Waals surface area contributed by atoms with E-state index in [0.29, 0.717) is 32.1 Å². The van der Waals surface area contributed by atoms with Crippen LogP contribution in [0.1, 0.15) is 184 Å². The number of hydrogen-bond acceptors (Lipinski definition) is 11. The fraction of sp³-hybridized carbons (Fsp3) is 0.833. The highest BCUT2D eigenvalue weighted by atomic mass is 35.5. The van der Waals surface area contributed by atoms with Crippen molar-refractivity contribution in [3.63, 3.8) is 0 Å². The monoisotopic (exact) mass is 1310 g/mol. The maximum absolute atomic E-state index is 15.5. The van der Waals surface area contributed by atoms with Gasteiger partial charge in [-0.05, 0) is 126 Å². The van der Waals surface area contributed by atoms with E-state index in [0.717, 1.165) is 46.8 Å². The molecule has 12 atom stereocenters. The highest BCUT2D eigenvalue weighted by Crippen LogP contribution is 2.35. The number of likely N-dealkylation sites (N-methyl/N-ethyl adjacent to an activating group) is 7. The minimum atomic E-state index is -1.50. The Bertz CT molecular complexity index is 2480. The zero-order valence-electron chi connectivity index (χ0n) is 57.3. The number of halogens is 3. The summed E-state index contributed by atoms with van der Waals surface area (Å²) in [4.78, 5) is 168. The molecule has 4 N–H and O–H groups in total. The Balaban J connectivity index is 1.82. The molecular weight excluding hydrogens is 1200 g/mol. The van der Waals surface area contributed by atoms with Gasteiger partial charge in [0, 0.05) is 73.6 Å². The molecule has 4 fully saturated rings. The molecule has 0 spiro atoms. The molecule has 91 heavy (non-hydrogen) atoms. The van der Waals surface area contributed by atoms with Crippen molar-refractivity contribution in [1.29, 1.82) is 0 Å². The predicted octanol–water partition coefficient (Wildman–Crippen LogP) is 5.61. The number of hydrogen-bond donors (Lipinski definition) is 4. The first-order chi connectivity index (χ1) is 42.6. The average Bonchev–Trinajstić information content (AvgIpc) is 1.67. The molecule has 518 valence electrons. The summed E-state index contributed by atoms with van der Waals surface area (Å²) in [5.41, 5.74) is 0. The second kappa shape index (κ2) is 36.7. The molecule has 1 aliphatic heterocycles. The van der Waals surface area contributed by atoms with Crippen LogP contribution in [0.15, 0.2) is 0 Å². The third kappa shape index (κ3) is 23.4. The molecule has 0 aromatic rings. The van der Waals surface area contributed by atoms with Gasteiger partial charge >= 0.3 is 0 Å². The zero-order valence-corrected chi connectivity index (χ0v) is 58.1. The van der Waals surface area contributed by atoms with Crippen molar-refractivity contribution < 1.29 is 61.5 Å². The Kier molecular flexibility index (Phi) is 31.3. The van der Waals surface area contributed by atoms with Gasteiger partial charge in [0.2, 0.25) is 65.0 Å². The molecule has 1 heterocycles. The predicted molar refractivity (Wildman–Crippen MR) is 345 cm³/mol. The topological polar surface area (TPSA) is 259 Å². The summed E-state index contributed by atoms with van der Waals surface area (Å²) in [5.74, 6) is -8.15. The van der Waals surface area contributed by atoms with E-state index in [-0.39, 0.29) is 93.3 Å². The summed E-state index contributed by atoms with van der Waals surface area (Å²) in [6.07, 6.45) is 5.37. The normalized spacial score (nSPS) is 31.0. The molecule has 25 heteroatoms. The van der Waals surface area contributed by atoms with Crippen molar-refractivity contribution in [2.45, 2.75) is 250 Å². The molecule has 3 saturated carbocycles. The third-order valence-electron chi connectivity index (χ3n) is 19.6. The Labute approximate surface area is 545 Å². The lowest BCUT2D eigenvalue weighted by molar-refractivity contribution is -0.150. The SMILES string of the molecule is CC[C@H](C)[C@@H]1NC(=O)[C@H](C)N(C)C(=O)C[C@@H](C)NC(=O)[C@H](CC(C)C)N(C)C(=O)[C@H](CC2CCCCC2)N(C)C(=O)[C@H](CC(C)C)NC(=O)[C@H](CCC2CCC(F)CC2F)NC(=O)CN(C)C(=O)[C@H](CC2CCC(Cl)CC2)N(C)C(=O)CN(C)C(=O)CN(C)C1=O. The summed E-state index contributed by atoms with van der Waals surface area (Å²) < 4.78 is 29.9. The van der Waals surface area contributed by atoms with E-state index >= 15 is 14.0 Å². The van der Waals surface area contributed by atoms with Crippen LogP contribution in [-0.2, 0) is 52.7 Å². The lowest BCUT2D eigenvalue weighted by Gasteiger charge is -2.38. The summed E-state index contributed by atoms with van der Waals surface area (Å²) in [5, 5.41) is 11.3. The zero-order chi connectivity index (χ0) is 68.3. The van der Waals surface area contributed by atoms with Gasteiger partial charge in [-0.25, -0.2) is 8.78 Å². The van der Waals surface area contributed by atoms with Gasteiger partial charge in [0.1, 0.15) is 54.6 Å². The average molecular weight is 1310 g/mol. The Hall–Kier alpha value is -5.68. The van der Waals surface area contributed by atoms with Crippen LogP contribution in [-0.4, -0.2) is 234 Å². The molecule has 0 aromatic heterocycles. The molecule has 11 amide bonds. The number of nitrogens with zero attached hydrogens (tertiary/aromatic N) is 7. The van der Waals surface area contributed by atoms with Crippen LogP contribution in [0.5, 0.6) is 0 Å². The van der Waals surface area contributed by atoms with Gasteiger partial charge in [-0.1, -0.05) is 80.1 Å². The molecule has 3 aliphatic carbocycles. The lowest BCUT2D eigenvalue weighted by Crippen LogP contribution is -2.60. The van der Waals surface area contributed by atoms with E-state index in [1.54, 1.807) is 13.8 Å². The Morgan fingerprint density at radius 1 is 0.505 bits per heavy atom. The fourth-order valence-corrected chi connectivity index (χ4v) is 13.4. The molecule has 0 radical (unpaired) electrons. The van der Waals surface area contributed by atoms with Crippen molar-refractivity contribution in [1.82, 2.24) is 55.6 Å². The molecular formula is C66H112ClF2N11O11. The van der Waals surface area contributed by atoms with Crippen LogP contribution >= 0.6 is 11.6 Å². The maximum atomic E-state index is 15.5.